The van der Waals surface area contributed by atoms with Crippen LogP contribution in [0.25, 0.3) is 0 Å². The van der Waals surface area contributed by atoms with Gasteiger partial charge in [-0.05, 0) is 24.6 Å². The number of rotatable bonds is 4. The fraction of sp³-hybridized carbons (Fsp3) is 0.273. The van der Waals surface area contributed by atoms with Gasteiger partial charge >= 0.3 is 0 Å². The van der Waals surface area contributed by atoms with E-state index < -0.39 is 20.7 Å². The summed E-state index contributed by atoms with van der Waals surface area (Å²) in [6.45, 7) is 1.32. The number of benzene rings is 1. The third-order valence-electron chi connectivity index (χ3n) is 2.60. The molecule has 0 amide bonds. The summed E-state index contributed by atoms with van der Waals surface area (Å²) in [6, 6.07) is 2.45. The summed E-state index contributed by atoms with van der Waals surface area (Å²) in [5.41, 5.74) is 5.90. The predicted octanol–water partition coefficient (Wildman–Crippen LogP) is 0.323. The standard InChI is InChI=1S/C11H14FN5O2S/c1-7-3-8(13)4-9(11(7)12)20(18,19)15-5-10-14-6-17(2)16-10/h3-4,6,15H,5,13H2,1-2H3. The Balaban J connectivity index is 2.27. The average molecular weight is 299 g/mol. The normalized spacial score (nSPS) is 11.8. The van der Waals surface area contributed by atoms with Gasteiger partial charge in [0.05, 0.1) is 6.54 Å². The van der Waals surface area contributed by atoms with Crippen LogP contribution in [0.1, 0.15) is 11.4 Å². The van der Waals surface area contributed by atoms with Crippen molar-refractivity contribution in [2.45, 2.75) is 18.4 Å². The van der Waals surface area contributed by atoms with Gasteiger partial charge in [0.1, 0.15) is 17.0 Å². The third-order valence-corrected chi connectivity index (χ3v) is 4.00. The predicted molar refractivity (Wildman–Crippen MR) is 70.6 cm³/mol. The number of aryl methyl sites for hydroxylation is 2. The van der Waals surface area contributed by atoms with Crippen LogP contribution >= 0.6 is 0 Å². The molecule has 1 aromatic carbocycles. The molecule has 1 aromatic heterocycles. The van der Waals surface area contributed by atoms with Crippen LogP contribution < -0.4 is 10.5 Å². The zero-order chi connectivity index (χ0) is 14.9. The minimum Gasteiger partial charge on any atom is -0.399 e. The van der Waals surface area contributed by atoms with Crippen LogP contribution in [-0.4, -0.2) is 23.2 Å². The van der Waals surface area contributed by atoms with Gasteiger partial charge in [-0.3, -0.25) is 4.68 Å². The van der Waals surface area contributed by atoms with Crippen LogP contribution in [0, 0.1) is 12.7 Å². The Kier molecular flexibility index (Phi) is 3.73. The second-order valence-electron chi connectivity index (χ2n) is 4.31. The molecular formula is C11H14FN5O2S. The number of hydrogen-bond acceptors (Lipinski definition) is 5. The molecular weight excluding hydrogens is 285 g/mol. The van der Waals surface area contributed by atoms with Crippen LogP contribution in [0.2, 0.25) is 0 Å². The van der Waals surface area contributed by atoms with E-state index in [1.807, 2.05) is 0 Å². The minimum absolute atomic E-state index is 0.129. The topological polar surface area (TPSA) is 103 Å². The van der Waals surface area contributed by atoms with Gasteiger partial charge in [0.15, 0.2) is 5.82 Å². The SMILES string of the molecule is Cc1cc(N)cc(S(=O)(=O)NCc2ncn(C)n2)c1F. The first kappa shape index (κ1) is 14.4. The number of nitrogens with one attached hydrogen (secondary N) is 1. The molecule has 0 saturated heterocycles. The number of halogens is 1. The average Bonchev–Trinajstić information content (AvgIpc) is 2.77. The van der Waals surface area contributed by atoms with E-state index in [4.69, 9.17) is 5.73 Å². The maximum atomic E-state index is 13.9. The number of hydrogen-bond donors (Lipinski definition) is 2. The fourth-order valence-electron chi connectivity index (χ4n) is 1.66. The smallest absolute Gasteiger partial charge is 0.243 e. The van der Waals surface area contributed by atoms with Crippen molar-refractivity contribution in [1.29, 1.82) is 0 Å². The highest BCUT2D eigenvalue weighted by atomic mass is 32.2. The maximum Gasteiger partial charge on any atom is 0.243 e. The molecule has 9 heteroatoms. The van der Waals surface area contributed by atoms with E-state index in [0.717, 1.165) is 6.07 Å². The zero-order valence-electron chi connectivity index (χ0n) is 11.0. The van der Waals surface area contributed by atoms with E-state index in [1.165, 1.54) is 24.0 Å². The molecule has 0 radical (unpaired) electrons. The largest absolute Gasteiger partial charge is 0.399 e. The monoisotopic (exact) mass is 299 g/mol. The summed E-state index contributed by atoms with van der Waals surface area (Å²) in [6.07, 6.45) is 1.44. The fourth-order valence-corrected chi connectivity index (χ4v) is 2.82. The lowest BCUT2D eigenvalue weighted by Gasteiger charge is -2.09. The molecule has 20 heavy (non-hydrogen) atoms. The summed E-state index contributed by atoms with van der Waals surface area (Å²) in [5.74, 6) is -0.530. The minimum atomic E-state index is -4.02. The molecule has 0 aliphatic heterocycles. The Morgan fingerprint density at radius 2 is 2.15 bits per heavy atom. The van der Waals surface area contributed by atoms with Gasteiger partial charge in [-0.2, -0.15) is 5.10 Å². The lowest BCUT2D eigenvalue weighted by Crippen LogP contribution is -2.25. The van der Waals surface area contributed by atoms with Crippen LogP contribution in [-0.2, 0) is 23.6 Å². The van der Waals surface area contributed by atoms with E-state index >= 15 is 0 Å². The van der Waals surface area contributed by atoms with Gasteiger partial charge in [-0.1, -0.05) is 0 Å². The first-order valence-electron chi connectivity index (χ1n) is 5.69. The van der Waals surface area contributed by atoms with E-state index in [1.54, 1.807) is 7.05 Å². The summed E-state index contributed by atoms with van der Waals surface area (Å²) in [5, 5.41) is 3.93. The Labute approximate surface area is 115 Å². The van der Waals surface area contributed by atoms with Crippen molar-refractivity contribution >= 4 is 15.7 Å². The van der Waals surface area contributed by atoms with E-state index in [9.17, 15) is 12.8 Å². The third kappa shape index (κ3) is 2.94. The molecule has 2 aromatic rings. The van der Waals surface area contributed by atoms with E-state index in [-0.39, 0.29) is 23.6 Å². The highest BCUT2D eigenvalue weighted by molar-refractivity contribution is 7.89. The van der Waals surface area contributed by atoms with E-state index in [2.05, 4.69) is 14.8 Å². The van der Waals surface area contributed by atoms with Crippen LogP contribution in [0.5, 0.6) is 0 Å². The lowest BCUT2D eigenvalue weighted by molar-refractivity contribution is 0.551. The van der Waals surface area contributed by atoms with Gasteiger partial charge in [0.25, 0.3) is 0 Å². The summed E-state index contributed by atoms with van der Waals surface area (Å²) in [7, 11) is -2.36. The Morgan fingerprint density at radius 1 is 1.45 bits per heavy atom. The molecule has 0 bridgehead atoms. The summed E-state index contributed by atoms with van der Waals surface area (Å²) < 4.78 is 41.7. The quantitative estimate of drug-likeness (QED) is 0.792. The number of nitrogens with two attached hydrogens (primary N) is 1. The molecule has 0 aliphatic rings. The molecule has 3 N–H and O–H groups in total. The second-order valence-corrected chi connectivity index (χ2v) is 6.04. The van der Waals surface area contributed by atoms with Crippen molar-refractivity contribution in [1.82, 2.24) is 19.5 Å². The highest BCUT2D eigenvalue weighted by Gasteiger charge is 2.21. The van der Waals surface area contributed by atoms with Gasteiger partial charge in [-0.15, -0.1) is 0 Å². The molecule has 0 unspecified atom stereocenters. The second kappa shape index (κ2) is 5.17. The van der Waals surface area contributed by atoms with Crippen molar-refractivity contribution in [2.75, 3.05) is 5.73 Å². The molecule has 0 aliphatic carbocycles. The number of aromatic nitrogens is 3. The molecule has 1 heterocycles. The van der Waals surface area contributed by atoms with E-state index in [0.29, 0.717) is 0 Å². The van der Waals surface area contributed by atoms with Gasteiger partial charge in [0, 0.05) is 12.7 Å². The number of anilines is 1. The van der Waals surface area contributed by atoms with Gasteiger partial charge in [-0.25, -0.2) is 22.5 Å². The van der Waals surface area contributed by atoms with Crippen LogP contribution in [0.15, 0.2) is 23.4 Å². The van der Waals surface area contributed by atoms with Gasteiger partial charge < -0.3 is 5.73 Å². The molecule has 0 saturated carbocycles. The highest BCUT2D eigenvalue weighted by Crippen LogP contribution is 2.21. The molecule has 0 fully saturated rings. The Morgan fingerprint density at radius 3 is 2.75 bits per heavy atom. The molecule has 7 nitrogen and oxygen atoms in total. The van der Waals surface area contributed by atoms with Crippen LogP contribution in [0.4, 0.5) is 10.1 Å². The first-order chi connectivity index (χ1) is 9.29. The molecule has 108 valence electrons. The molecule has 2 rings (SSSR count). The van der Waals surface area contributed by atoms with Crippen molar-refractivity contribution < 1.29 is 12.8 Å². The lowest BCUT2D eigenvalue weighted by atomic mass is 10.2. The maximum absolute atomic E-state index is 13.9. The molecule has 0 spiro atoms. The zero-order valence-corrected chi connectivity index (χ0v) is 11.8. The number of sulfonamides is 1. The number of nitrogens with zero attached hydrogens (tertiary/aromatic N) is 3. The Hall–Kier alpha value is -2.00. The Bertz CT molecular complexity index is 741. The van der Waals surface area contributed by atoms with Crippen molar-refractivity contribution in [2.24, 2.45) is 7.05 Å². The van der Waals surface area contributed by atoms with Crippen molar-refractivity contribution in [3.8, 4) is 0 Å². The summed E-state index contributed by atoms with van der Waals surface area (Å²) >= 11 is 0. The van der Waals surface area contributed by atoms with Crippen molar-refractivity contribution in [3.63, 3.8) is 0 Å². The van der Waals surface area contributed by atoms with Gasteiger partial charge in [0.2, 0.25) is 10.0 Å². The molecule has 0 atom stereocenters. The van der Waals surface area contributed by atoms with Crippen LogP contribution in [0.3, 0.4) is 0 Å². The summed E-state index contributed by atoms with van der Waals surface area (Å²) in [4.78, 5) is 3.40. The van der Waals surface area contributed by atoms with Crippen molar-refractivity contribution in [3.05, 3.63) is 35.7 Å². The number of nitrogen functional groups attached to an aromatic ring is 1. The first-order valence-corrected chi connectivity index (χ1v) is 7.18.